The van der Waals surface area contributed by atoms with Gasteiger partial charge in [0.05, 0.1) is 5.69 Å². The van der Waals surface area contributed by atoms with Crippen LogP contribution >= 0.6 is 0 Å². The zero-order valence-corrected chi connectivity index (χ0v) is 15.2. The van der Waals surface area contributed by atoms with Gasteiger partial charge in [0.15, 0.2) is 0 Å². The predicted octanol–water partition coefficient (Wildman–Crippen LogP) is 2.69. The van der Waals surface area contributed by atoms with E-state index in [1.165, 1.54) is 11.1 Å². The lowest BCUT2D eigenvalue weighted by Gasteiger charge is -2.35. The van der Waals surface area contributed by atoms with E-state index in [0.29, 0.717) is 18.4 Å². The van der Waals surface area contributed by atoms with Crippen LogP contribution in [0.4, 0.5) is 10.6 Å². The maximum atomic E-state index is 12.2. The Morgan fingerprint density at radius 3 is 2.76 bits per heavy atom. The van der Waals surface area contributed by atoms with E-state index in [4.69, 9.17) is 0 Å². The highest BCUT2D eigenvalue weighted by Gasteiger charge is 2.22. The highest BCUT2D eigenvalue weighted by molar-refractivity contribution is 5.88. The second-order valence-electron chi connectivity index (χ2n) is 6.68. The van der Waals surface area contributed by atoms with Crippen molar-refractivity contribution >= 4 is 11.8 Å². The van der Waals surface area contributed by atoms with E-state index in [1.807, 2.05) is 20.0 Å². The van der Waals surface area contributed by atoms with Crippen molar-refractivity contribution in [2.24, 2.45) is 7.05 Å². The number of amides is 2. The Labute approximate surface area is 149 Å². The summed E-state index contributed by atoms with van der Waals surface area (Å²) in [4.78, 5) is 14.7. The van der Waals surface area contributed by atoms with Crippen molar-refractivity contribution in [3.63, 3.8) is 0 Å². The average Bonchev–Trinajstić information content (AvgIpc) is 2.92. The van der Waals surface area contributed by atoms with Crippen molar-refractivity contribution in [3.05, 3.63) is 47.2 Å². The number of rotatable bonds is 5. The first-order valence-corrected chi connectivity index (χ1v) is 8.93. The lowest BCUT2D eigenvalue weighted by atomic mass is 9.98. The van der Waals surface area contributed by atoms with Gasteiger partial charge < -0.3 is 5.32 Å². The van der Waals surface area contributed by atoms with Crippen LogP contribution in [0.5, 0.6) is 0 Å². The zero-order chi connectivity index (χ0) is 17.8. The molecule has 0 fully saturated rings. The molecule has 6 nitrogen and oxygen atoms in total. The molecule has 1 aliphatic rings. The van der Waals surface area contributed by atoms with Gasteiger partial charge in [0.1, 0.15) is 5.82 Å². The summed E-state index contributed by atoms with van der Waals surface area (Å²) in [6.07, 6.45) is 2.08. The van der Waals surface area contributed by atoms with E-state index in [2.05, 4.69) is 51.8 Å². The molecule has 1 atom stereocenters. The molecule has 25 heavy (non-hydrogen) atoms. The number of nitrogens with one attached hydrogen (secondary N) is 2. The van der Waals surface area contributed by atoms with Gasteiger partial charge in [-0.1, -0.05) is 31.2 Å². The van der Waals surface area contributed by atoms with Crippen molar-refractivity contribution < 1.29 is 4.79 Å². The predicted molar refractivity (Wildman–Crippen MR) is 99.6 cm³/mol. The topological polar surface area (TPSA) is 62.2 Å². The Bertz CT molecular complexity index is 739. The van der Waals surface area contributed by atoms with Gasteiger partial charge in [-0.3, -0.25) is 14.9 Å². The number of benzene rings is 1. The molecule has 1 aromatic heterocycles. The molecule has 0 unspecified atom stereocenters. The van der Waals surface area contributed by atoms with Crippen LogP contribution in [-0.4, -0.2) is 39.8 Å². The molecule has 2 aromatic rings. The van der Waals surface area contributed by atoms with Gasteiger partial charge in [0.2, 0.25) is 0 Å². The summed E-state index contributed by atoms with van der Waals surface area (Å²) in [5.74, 6) is 0.704. The number of urea groups is 1. The minimum absolute atomic E-state index is 0.182. The standard InChI is InChI=1S/C19H27N5O/c1-4-17(24-10-9-15-7-5-6-8-16(15)13-24)12-20-19(25)21-18-11-14(2)22-23(18)3/h5-8,11,17H,4,9-10,12-13H2,1-3H3,(H2,20,21,25)/t17-/m0/s1. The summed E-state index contributed by atoms with van der Waals surface area (Å²) < 4.78 is 1.67. The minimum atomic E-state index is -0.182. The van der Waals surface area contributed by atoms with Crippen LogP contribution in [0.25, 0.3) is 0 Å². The highest BCUT2D eigenvalue weighted by Crippen LogP contribution is 2.21. The van der Waals surface area contributed by atoms with E-state index in [0.717, 1.165) is 31.6 Å². The van der Waals surface area contributed by atoms with Gasteiger partial charge >= 0.3 is 6.03 Å². The summed E-state index contributed by atoms with van der Waals surface area (Å²) >= 11 is 0. The summed E-state index contributed by atoms with van der Waals surface area (Å²) in [6, 6.07) is 10.7. The summed E-state index contributed by atoms with van der Waals surface area (Å²) in [6.45, 7) is 6.72. The molecule has 1 aliphatic heterocycles. The van der Waals surface area contributed by atoms with Gasteiger partial charge in [-0.2, -0.15) is 5.10 Å². The van der Waals surface area contributed by atoms with Crippen LogP contribution in [0.1, 0.15) is 30.2 Å². The first kappa shape index (κ1) is 17.5. The molecule has 0 bridgehead atoms. The third kappa shape index (κ3) is 4.20. The van der Waals surface area contributed by atoms with Crippen LogP contribution in [-0.2, 0) is 20.0 Å². The molecule has 1 aromatic carbocycles. The lowest BCUT2D eigenvalue weighted by molar-refractivity contribution is 0.170. The molecule has 2 N–H and O–H groups in total. The van der Waals surface area contributed by atoms with Crippen LogP contribution < -0.4 is 10.6 Å². The van der Waals surface area contributed by atoms with Crippen LogP contribution in [0.2, 0.25) is 0 Å². The van der Waals surface area contributed by atoms with Crippen molar-refractivity contribution in [2.45, 2.75) is 39.3 Å². The second kappa shape index (κ2) is 7.70. The Morgan fingerprint density at radius 2 is 2.08 bits per heavy atom. The fourth-order valence-corrected chi connectivity index (χ4v) is 3.46. The SMILES string of the molecule is CC[C@@H](CNC(=O)Nc1cc(C)nn1C)N1CCc2ccccc2C1. The fourth-order valence-electron chi connectivity index (χ4n) is 3.46. The number of hydrogen-bond acceptors (Lipinski definition) is 3. The molecule has 0 spiro atoms. The normalized spacial score (nSPS) is 15.5. The Morgan fingerprint density at radius 1 is 1.32 bits per heavy atom. The van der Waals surface area contributed by atoms with Gasteiger partial charge in [-0.25, -0.2) is 4.79 Å². The summed E-state index contributed by atoms with van der Waals surface area (Å²) in [5, 5.41) is 10.1. The minimum Gasteiger partial charge on any atom is -0.336 e. The molecule has 0 saturated heterocycles. The molecule has 134 valence electrons. The van der Waals surface area contributed by atoms with Crippen molar-refractivity contribution in [2.75, 3.05) is 18.4 Å². The molecule has 2 heterocycles. The highest BCUT2D eigenvalue weighted by atomic mass is 16.2. The Kier molecular flexibility index (Phi) is 5.38. The second-order valence-corrected chi connectivity index (χ2v) is 6.68. The number of hydrogen-bond donors (Lipinski definition) is 2. The summed E-state index contributed by atoms with van der Waals surface area (Å²) in [7, 11) is 1.82. The maximum absolute atomic E-state index is 12.2. The average molecular weight is 341 g/mol. The number of aromatic nitrogens is 2. The van der Waals surface area contributed by atoms with E-state index in [9.17, 15) is 4.79 Å². The van der Waals surface area contributed by atoms with Crippen molar-refractivity contribution in [1.29, 1.82) is 0 Å². The fraction of sp³-hybridized carbons (Fsp3) is 0.474. The first-order chi connectivity index (χ1) is 12.1. The molecule has 0 aliphatic carbocycles. The number of carbonyl (C=O) groups excluding carboxylic acids is 1. The van der Waals surface area contributed by atoms with Gasteiger partial charge in [-0.05, 0) is 30.9 Å². The molecule has 2 amide bonds. The monoisotopic (exact) mass is 341 g/mol. The van der Waals surface area contributed by atoms with Gasteiger partial charge in [-0.15, -0.1) is 0 Å². The van der Waals surface area contributed by atoms with Crippen LogP contribution in [0, 0.1) is 6.92 Å². The largest absolute Gasteiger partial charge is 0.336 e. The molecular weight excluding hydrogens is 314 g/mol. The van der Waals surface area contributed by atoms with E-state index < -0.39 is 0 Å². The number of fused-ring (bicyclic) bond motifs is 1. The zero-order valence-electron chi connectivity index (χ0n) is 15.2. The summed E-state index contributed by atoms with van der Waals surface area (Å²) in [5.41, 5.74) is 3.74. The maximum Gasteiger partial charge on any atom is 0.320 e. The molecular formula is C19H27N5O. The molecule has 3 rings (SSSR count). The van der Waals surface area contributed by atoms with E-state index >= 15 is 0 Å². The van der Waals surface area contributed by atoms with Gasteiger partial charge in [0.25, 0.3) is 0 Å². The van der Waals surface area contributed by atoms with Crippen molar-refractivity contribution in [1.82, 2.24) is 20.0 Å². The number of anilines is 1. The number of aryl methyl sites for hydroxylation is 2. The van der Waals surface area contributed by atoms with Crippen LogP contribution in [0.3, 0.4) is 0 Å². The third-order valence-electron chi connectivity index (χ3n) is 4.89. The molecule has 0 radical (unpaired) electrons. The quantitative estimate of drug-likeness (QED) is 0.879. The number of carbonyl (C=O) groups is 1. The number of nitrogens with zero attached hydrogens (tertiary/aromatic N) is 3. The Balaban J connectivity index is 1.54. The first-order valence-electron chi connectivity index (χ1n) is 8.93. The van der Waals surface area contributed by atoms with Crippen LogP contribution in [0.15, 0.2) is 30.3 Å². The van der Waals surface area contributed by atoms with Gasteiger partial charge in [0, 0.05) is 38.8 Å². The van der Waals surface area contributed by atoms with E-state index in [1.54, 1.807) is 4.68 Å². The van der Waals surface area contributed by atoms with Crippen molar-refractivity contribution in [3.8, 4) is 0 Å². The third-order valence-corrected chi connectivity index (χ3v) is 4.89. The lowest BCUT2D eigenvalue weighted by Crippen LogP contribution is -2.46. The Hall–Kier alpha value is -2.34. The molecule has 0 saturated carbocycles. The molecule has 6 heteroatoms. The van der Waals surface area contributed by atoms with E-state index in [-0.39, 0.29) is 6.03 Å². The smallest absolute Gasteiger partial charge is 0.320 e.